The van der Waals surface area contributed by atoms with Gasteiger partial charge in [0.2, 0.25) is 0 Å². The maximum atomic E-state index is 12.6. The zero-order valence-corrected chi connectivity index (χ0v) is 26.3. The van der Waals surface area contributed by atoms with Gasteiger partial charge in [0.15, 0.2) is 5.84 Å². The van der Waals surface area contributed by atoms with Gasteiger partial charge in [0, 0.05) is 24.1 Å². The number of benzene rings is 2. The minimum absolute atomic E-state index is 0.128. The summed E-state index contributed by atoms with van der Waals surface area (Å²) in [6, 6.07) is 14.1. The number of hydrogen-bond donors (Lipinski definition) is 2. The highest BCUT2D eigenvalue weighted by atomic mass is 32.1. The van der Waals surface area contributed by atoms with Crippen molar-refractivity contribution in [1.82, 2.24) is 10.3 Å². The SMILES string of the molecule is C=N/C(=N\C=C(/C)c1ccc(OCCCCCCC)cc1)c1ccc(C[C@H](NC(=O)c2cnc(C(C)C)s2)C(=O)O)cc1. The molecule has 1 amide bonds. The van der Waals surface area contributed by atoms with E-state index in [2.05, 4.69) is 33.9 Å². The van der Waals surface area contributed by atoms with Gasteiger partial charge in [-0.25, -0.2) is 19.8 Å². The number of ether oxygens (including phenoxy) is 1. The summed E-state index contributed by atoms with van der Waals surface area (Å²) in [4.78, 5) is 37.8. The monoisotopic (exact) mass is 602 g/mol. The number of amidine groups is 1. The highest BCUT2D eigenvalue weighted by Crippen LogP contribution is 2.22. The second-order valence-corrected chi connectivity index (χ2v) is 11.8. The average Bonchev–Trinajstić information content (AvgIpc) is 3.51. The van der Waals surface area contributed by atoms with Crippen molar-refractivity contribution < 1.29 is 19.4 Å². The van der Waals surface area contributed by atoms with E-state index in [9.17, 15) is 14.7 Å². The van der Waals surface area contributed by atoms with Gasteiger partial charge in [-0.1, -0.05) is 82.9 Å². The first-order chi connectivity index (χ1) is 20.7. The van der Waals surface area contributed by atoms with Crippen molar-refractivity contribution in [3.8, 4) is 5.75 Å². The lowest BCUT2D eigenvalue weighted by Crippen LogP contribution is -2.42. The van der Waals surface area contributed by atoms with Gasteiger partial charge in [-0.2, -0.15) is 0 Å². The van der Waals surface area contributed by atoms with Gasteiger partial charge in [-0.05, 0) is 48.9 Å². The van der Waals surface area contributed by atoms with Gasteiger partial charge in [0.05, 0.1) is 17.8 Å². The molecule has 0 spiro atoms. The molecule has 1 heterocycles. The number of carbonyl (C=O) groups excluding carboxylic acids is 1. The first-order valence-corrected chi connectivity index (χ1v) is 15.6. The van der Waals surface area contributed by atoms with Crippen LogP contribution in [-0.4, -0.2) is 47.2 Å². The Kier molecular flexibility index (Phi) is 13.3. The van der Waals surface area contributed by atoms with Crippen LogP contribution in [0, 0.1) is 0 Å². The van der Waals surface area contributed by atoms with Crippen LogP contribution >= 0.6 is 11.3 Å². The zero-order chi connectivity index (χ0) is 31.2. The van der Waals surface area contributed by atoms with Gasteiger partial charge >= 0.3 is 5.97 Å². The number of carbonyl (C=O) groups is 2. The molecule has 0 bridgehead atoms. The smallest absolute Gasteiger partial charge is 0.326 e. The summed E-state index contributed by atoms with van der Waals surface area (Å²) < 4.78 is 5.86. The van der Waals surface area contributed by atoms with Crippen LogP contribution < -0.4 is 10.1 Å². The fourth-order valence-corrected chi connectivity index (χ4v) is 5.09. The van der Waals surface area contributed by atoms with E-state index in [1.54, 1.807) is 18.3 Å². The van der Waals surface area contributed by atoms with Crippen LogP contribution in [0.5, 0.6) is 5.75 Å². The van der Waals surface area contributed by atoms with E-state index in [0.717, 1.165) is 46.0 Å². The van der Waals surface area contributed by atoms with E-state index in [1.807, 2.05) is 57.2 Å². The molecule has 0 radical (unpaired) electrons. The predicted molar refractivity (Wildman–Crippen MR) is 176 cm³/mol. The maximum absolute atomic E-state index is 12.6. The van der Waals surface area contributed by atoms with Crippen LogP contribution in [0.3, 0.4) is 0 Å². The zero-order valence-electron chi connectivity index (χ0n) is 25.5. The van der Waals surface area contributed by atoms with Crippen molar-refractivity contribution >= 4 is 41.3 Å². The van der Waals surface area contributed by atoms with Gasteiger partial charge in [0.25, 0.3) is 5.91 Å². The third-order valence-electron chi connectivity index (χ3n) is 6.85. The minimum atomic E-state index is -1.11. The van der Waals surface area contributed by atoms with Crippen molar-refractivity contribution in [1.29, 1.82) is 0 Å². The summed E-state index contributed by atoms with van der Waals surface area (Å²) in [5, 5.41) is 13.2. The van der Waals surface area contributed by atoms with E-state index in [0.29, 0.717) is 10.7 Å². The molecular weight excluding hydrogens is 560 g/mol. The molecule has 43 heavy (non-hydrogen) atoms. The van der Waals surface area contributed by atoms with E-state index in [-0.39, 0.29) is 12.3 Å². The average molecular weight is 603 g/mol. The van der Waals surface area contributed by atoms with Crippen LogP contribution in [0.25, 0.3) is 5.57 Å². The standard InChI is InChI=1S/C34H42N4O4S/c1-6-7-8-9-10-19-42-28-17-15-26(16-18-28)24(4)21-36-31(35-5)27-13-11-25(12-14-27)20-29(34(40)41)38-32(39)30-22-37-33(43-30)23(2)3/h11-18,21-23,29H,5-10,19-20H2,1-4H3,(H,38,39)(H,40,41)/b24-21+,36-31-/t29-/m0/s1. The number of nitrogens with zero attached hydrogens (tertiary/aromatic N) is 3. The third-order valence-corrected chi connectivity index (χ3v) is 8.15. The predicted octanol–water partition coefficient (Wildman–Crippen LogP) is 7.55. The number of nitrogens with one attached hydrogen (secondary N) is 1. The topological polar surface area (TPSA) is 113 Å². The summed E-state index contributed by atoms with van der Waals surface area (Å²) in [7, 11) is 0. The van der Waals surface area contributed by atoms with E-state index in [1.165, 1.54) is 43.2 Å². The van der Waals surface area contributed by atoms with E-state index >= 15 is 0 Å². The minimum Gasteiger partial charge on any atom is -0.494 e. The van der Waals surface area contributed by atoms with Crippen molar-refractivity contribution in [2.24, 2.45) is 9.98 Å². The van der Waals surface area contributed by atoms with Crippen LogP contribution in [0.2, 0.25) is 0 Å². The Hall–Kier alpha value is -4.11. The van der Waals surface area contributed by atoms with Gasteiger partial charge in [-0.3, -0.25) is 4.79 Å². The van der Waals surface area contributed by atoms with Crippen LogP contribution in [0.15, 0.2) is 70.9 Å². The molecule has 228 valence electrons. The van der Waals surface area contributed by atoms with Crippen molar-refractivity contribution in [3.63, 3.8) is 0 Å². The normalized spacial score (nSPS) is 12.7. The molecule has 0 unspecified atom stereocenters. The van der Waals surface area contributed by atoms with Gasteiger partial charge in [0.1, 0.15) is 16.7 Å². The highest BCUT2D eigenvalue weighted by molar-refractivity contribution is 7.13. The van der Waals surface area contributed by atoms with E-state index in [4.69, 9.17) is 4.74 Å². The Morgan fingerprint density at radius 1 is 1.05 bits per heavy atom. The molecule has 3 aromatic rings. The number of carboxylic acid groups (broad SMARTS) is 1. The first-order valence-electron chi connectivity index (χ1n) is 14.7. The Balaban J connectivity index is 1.60. The van der Waals surface area contributed by atoms with Gasteiger partial charge in [-0.15, -0.1) is 11.3 Å². The molecule has 0 aliphatic heterocycles. The Bertz CT molecular complexity index is 1410. The van der Waals surface area contributed by atoms with Crippen molar-refractivity contribution in [3.05, 3.63) is 87.5 Å². The van der Waals surface area contributed by atoms with E-state index < -0.39 is 17.9 Å². The lowest BCUT2D eigenvalue weighted by atomic mass is 10.0. The number of thiazole rings is 1. The summed E-state index contributed by atoms with van der Waals surface area (Å²) in [5.41, 5.74) is 3.48. The lowest BCUT2D eigenvalue weighted by Gasteiger charge is -2.14. The fraction of sp³-hybridized carbons (Fsp3) is 0.382. The Morgan fingerprint density at radius 3 is 2.33 bits per heavy atom. The molecule has 1 atom stereocenters. The molecular formula is C34H42N4O4S. The summed E-state index contributed by atoms with van der Waals surface area (Å²) in [6.45, 7) is 12.6. The molecule has 2 N–H and O–H groups in total. The Morgan fingerprint density at radius 2 is 1.72 bits per heavy atom. The van der Waals surface area contributed by atoms with Crippen LogP contribution in [0.1, 0.15) is 97.1 Å². The summed E-state index contributed by atoms with van der Waals surface area (Å²) in [6.07, 6.45) is 9.41. The summed E-state index contributed by atoms with van der Waals surface area (Å²) >= 11 is 1.27. The number of carboxylic acids is 1. The largest absolute Gasteiger partial charge is 0.494 e. The molecule has 2 aromatic carbocycles. The molecule has 3 rings (SSSR count). The van der Waals surface area contributed by atoms with Crippen LogP contribution in [-0.2, 0) is 11.2 Å². The molecule has 0 fully saturated rings. The fourth-order valence-electron chi connectivity index (χ4n) is 4.26. The molecule has 0 saturated carbocycles. The maximum Gasteiger partial charge on any atom is 0.326 e. The van der Waals surface area contributed by atoms with Crippen LogP contribution in [0.4, 0.5) is 0 Å². The van der Waals surface area contributed by atoms with Crippen molar-refractivity contribution in [2.75, 3.05) is 6.61 Å². The number of aliphatic imine (C=N–C) groups is 2. The number of aromatic nitrogens is 1. The molecule has 1 aromatic heterocycles. The highest BCUT2D eigenvalue weighted by Gasteiger charge is 2.23. The number of rotatable bonds is 16. The quantitative estimate of drug-likeness (QED) is 0.0998. The molecule has 8 nitrogen and oxygen atoms in total. The second-order valence-electron chi connectivity index (χ2n) is 10.7. The number of hydrogen-bond acceptors (Lipinski definition) is 6. The number of allylic oxidation sites excluding steroid dienone is 1. The molecule has 0 aliphatic carbocycles. The first kappa shape index (κ1) is 33.4. The third kappa shape index (κ3) is 10.6. The van der Waals surface area contributed by atoms with Crippen molar-refractivity contribution in [2.45, 2.75) is 78.2 Å². The molecule has 0 saturated heterocycles. The number of amides is 1. The molecule has 9 heteroatoms. The lowest BCUT2D eigenvalue weighted by molar-refractivity contribution is -0.139. The van der Waals surface area contributed by atoms with Gasteiger partial charge < -0.3 is 15.2 Å². The second kappa shape index (κ2) is 17.1. The number of unbranched alkanes of at least 4 members (excludes halogenated alkanes) is 4. The summed E-state index contributed by atoms with van der Waals surface area (Å²) in [5.74, 6) is -0.0513. The molecule has 0 aliphatic rings. The Labute approximate surface area is 258 Å². The number of aliphatic carboxylic acids is 1.